The number of allylic oxidation sites excluding steroid dienone is 1. The van der Waals surface area contributed by atoms with E-state index in [1.807, 2.05) is 12.1 Å². The van der Waals surface area contributed by atoms with Gasteiger partial charge < -0.3 is 15.2 Å². The van der Waals surface area contributed by atoms with Crippen molar-refractivity contribution in [3.05, 3.63) is 71.8 Å². The minimum Gasteiger partial charge on any atom is -0.494 e. The van der Waals surface area contributed by atoms with Gasteiger partial charge in [-0.05, 0) is 61.4 Å². The van der Waals surface area contributed by atoms with Gasteiger partial charge in [0.1, 0.15) is 5.75 Å². The van der Waals surface area contributed by atoms with Gasteiger partial charge in [-0.3, -0.25) is 4.79 Å². The number of unbranched alkanes of at least 4 members (excludes halogenated alkanes) is 2. The van der Waals surface area contributed by atoms with Crippen molar-refractivity contribution in [2.75, 3.05) is 19.7 Å². The van der Waals surface area contributed by atoms with Crippen molar-refractivity contribution in [3.8, 4) is 5.75 Å². The zero-order valence-corrected chi connectivity index (χ0v) is 16.7. The number of aryl methyl sites for hydroxylation is 1. The fourth-order valence-electron chi connectivity index (χ4n) is 2.90. The van der Waals surface area contributed by atoms with Crippen molar-refractivity contribution in [2.24, 2.45) is 0 Å². The molecule has 2 aromatic rings. The predicted molar refractivity (Wildman–Crippen MR) is 115 cm³/mol. The second kappa shape index (κ2) is 12.7. The lowest BCUT2D eigenvalue weighted by atomic mass is 10.1. The molecule has 0 amide bonds. The molecule has 0 unspecified atom stereocenters. The molecule has 4 heteroatoms. The number of benzene rings is 2. The zero-order valence-electron chi connectivity index (χ0n) is 16.7. The number of nitrogens with one attached hydrogen (secondary N) is 1. The van der Waals surface area contributed by atoms with Gasteiger partial charge in [0, 0.05) is 13.1 Å². The largest absolute Gasteiger partial charge is 0.494 e. The van der Waals surface area contributed by atoms with Gasteiger partial charge in [0.05, 0.1) is 13.0 Å². The lowest BCUT2D eigenvalue weighted by Gasteiger charge is -2.08. The van der Waals surface area contributed by atoms with Gasteiger partial charge in [-0.25, -0.2) is 0 Å². The van der Waals surface area contributed by atoms with Crippen LogP contribution in [0.4, 0.5) is 0 Å². The molecule has 2 N–H and O–H groups in total. The van der Waals surface area contributed by atoms with Crippen LogP contribution >= 0.6 is 0 Å². The van der Waals surface area contributed by atoms with E-state index in [2.05, 4.69) is 60.8 Å². The molecule has 0 heterocycles. The van der Waals surface area contributed by atoms with Gasteiger partial charge in [-0.15, -0.1) is 0 Å². The van der Waals surface area contributed by atoms with Crippen molar-refractivity contribution in [1.29, 1.82) is 0 Å². The van der Waals surface area contributed by atoms with Crippen LogP contribution in [0.5, 0.6) is 5.75 Å². The maximum Gasteiger partial charge on any atom is 0.304 e. The highest BCUT2D eigenvalue weighted by atomic mass is 16.5. The Labute approximate surface area is 168 Å². The third-order valence-corrected chi connectivity index (χ3v) is 4.60. The first-order valence-corrected chi connectivity index (χ1v) is 10.0. The van der Waals surface area contributed by atoms with E-state index in [-0.39, 0.29) is 6.42 Å². The molecule has 0 aliphatic carbocycles. The normalized spacial score (nSPS) is 11.4. The Morgan fingerprint density at radius 2 is 1.79 bits per heavy atom. The highest BCUT2D eigenvalue weighted by Crippen LogP contribution is 2.18. The Hall–Kier alpha value is -2.59. The number of carboxylic acids is 1. The van der Waals surface area contributed by atoms with Crippen LogP contribution in [0.15, 0.2) is 60.7 Å². The third kappa shape index (κ3) is 8.87. The second-order valence-corrected chi connectivity index (χ2v) is 6.90. The molecule has 0 aliphatic heterocycles. The molecule has 0 saturated heterocycles. The number of aliphatic carboxylic acids is 1. The minimum absolute atomic E-state index is 0.144. The van der Waals surface area contributed by atoms with Crippen LogP contribution in [-0.4, -0.2) is 30.8 Å². The highest BCUT2D eigenvalue weighted by molar-refractivity contribution is 5.67. The molecular weight excluding hydrogens is 350 g/mol. The molecule has 0 spiro atoms. The quantitative estimate of drug-likeness (QED) is 0.482. The molecule has 150 valence electrons. The summed E-state index contributed by atoms with van der Waals surface area (Å²) in [5.74, 6) is 0.124. The Balaban J connectivity index is 1.61. The van der Waals surface area contributed by atoms with Crippen LogP contribution < -0.4 is 10.1 Å². The van der Waals surface area contributed by atoms with E-state index in [1.165, 1.54) is 18.4 Å². The fraction of sp³-hybridized carbons (Fsp3) is 0.375. The minimum atomic E-state index is -0.778. The van der Waals surface area contributed by atoms with Crippen LogP contribution in [0.1, 0.15) is 43.7 Å². The molecule has 4 nitrogen and oxygen atoms in total. The van der Waals surface area contributed by atoms with Gasteiger partial charge >= 0.3 is 5.97 Å². The van der Waals surface area contributed by atoms with E-state index in [9.17, 15) is 4.79 Å². The molecule has 0 bridgehead atoms. The van der Waals surface area contributed by atoms with Crippen LogP contribution in [-0.2, 0) is 11.2 Å². The Morgan fingerprint density at radius 3 is 2.50 bits per heavy atom. The Morgan fingerprint density at radius 1 is 1.04 bits per heavy atom. The van der Waals surface area contributed by atoms with E-state index in [0.717, 1.165) is 36.3 Å². The zero-order chi connectivity index (χ0) is 20.0. The monoisotopic (exact) mass is 381 g/mol. The summed E-state index contributed by atoms with van der Waals surface area (Å²) in [5.41, 5.74) is 3.71. The van der Waals surface area contributed by atoms with Crippen LogP contribution in [0, 0.1) is 0 Å². The summed E-state index contributed by atoms with van der Waals surface area (Å²) >= 11 is 0. The summed E-state index contributed by atoms with van der Waals surface area (Å²) in [5, 5.41) is 11.7. The van der Waals surface area contributed by atoms with Crippen molar-refractivity contribution < 1.29 is 14.6 Å². The molecule has 0 aliphatic rings. The van der Waals surface area contributed by atoms with E-state index in [4.69, 9.17) is 9.84 Å². The smallest absolute Gasteiger partial charge is 0.304 e. The van der Waals surface area contributed by atoms with Crippen molar-refractivity contribution >= 4 is 11.5 Å². The number of rotatable bonds is 13. The maximum absolute atomic E-state index is 10.5. The molecule has 28 heavy (non-hydrogen) atoms. The molecule has 2 aromatic carbocycles. The molecule has 0 fully saturated rings. The molecule has 2 rings (SSSR count). The lowest BCUT2D eigenvalue weighted by molar-refractivity contribution is -0.136. The van der Waals surface area contributed by atoms with Crippen molar-refractivity contribution in [3.63, 3.8) is 0 Å². The summed E-state index contributed by atoms with van der Waals surface area (Å²) in [7, 11) is 0. The van der Waals surface area contributed by atoms with Crippen molar-refractivity contribution in [1.82, 2.24) is 5.32 Å². The standard InChI is InChI=1S/C24H31NO3/c1-20(15-17-25-18-16-24(26)27)22-11-13-23(14-12-22)28-19-7-3-6-10-21-8-4-2-5-9-21/h2,4-5,8-9,11-15,25H,3,6-7,10,16-19H2,1H3,(H,26,27)/b20-15+. The number of carboxylic acid groups (broad SMARTS) is 1. The summed E-state index contributed by atoms with van der Waals surface area (Å²) in [4.78, 5) is 10.5. The molecular formula is C24H31NO3. The van der Waals surface area contributed by atoms with E-state index < -0.39 is 5.97 Å². The maximum atomic E-state index is 10.5. The number of carbonyl (C=O) groups is 1. The van der Waals surface area contributed by atoms with Gasteiger partial charge in [0.15, 0.2) is 0 Å². The molecule has 0 radical (unpaired) electrons. The van der Waals surface area contributed by atoms with Crippen LogP contribution in [0.25, 0.3) is 5.57 Å². The van der Waals surface area contributed by atoms with Gasteiger partial charge in [-0.1, -0.05) is 48.5 Å². The van der Waals surface area contributed by atoms with E-state index in [0.29, 0.717) is 13.1 Å². The third-order valence-electron chi connectivity index (χ3n) is 4.60. The number of hydrogen-bond donors (Lipinski definition) is 2. The van der Waals surface area contributed by atoms with Gasteiger partial charge in [-0.2, -0.15) is 0 Å². The molecule has 0 saturated carbocycles. The Kier molecular flexibility index (Phi) is 9.87. The number of ether oxygens (including phenoxy) is 1. The van der Waals surface area contributed by atoms with Gasteiger partial charge in [0.25, 0.3) is 0 Å². The Bertz CT molecular complexity index is 723. The first-order chi connectivity index (χ1) is 13.6. The SMILES string of the molecule is C/C(=C\CNCCC(=O)O)c1ccc(OCCCCCc2ccccc2)cc1. The average molecular weight is 382 g/mol. The van der Waals surface area contributed by atoms with Crippen LogP contribution in [0.2, 0.25) is 0 Å². The van der Waals surface area contributed by atoms with E-state index in [1.54, 1.807) is 0 Å². The van der Waals surface area contributed by atoms with Gasteiger partial charge in [0.2, 0.25) is 0 Å². The number of hydrogen-bond acceptors (Lipinski definition) is 3. The first-order valence-electron chi connectivity index (χ1n) is 10.0. The summed E-state index contributed by atoms with van der Waals surface area (Å²) < 4.78 is 5.84. The van der Waals surface area contributed by atoms with E-state index >= 15 is 0 Å². The topological polar surface area (TPSA) is 58.6 Å². The fourth-order valence-corrected chi connectivity index (χ4v) is 2.90. The highest BCUT2D eigenvalue weighted by Gasteiger charge is 1.99. The molecule has 0 aromatic heterocycles. The lowest BCUT2D eigenvalue weighted by Crippen LogP contribution is -2.18. The average Bonchev–Trinajstić information content (AvgIpc) is 2.71. The first kappa shape index (κ1) is 21.7. The van der Waals surface area contributed by atoms with Crippen molar-refractivity contribution in [2.45, 2.75) is 39.0 Å². The predicted octanol–water partition coefficient (Wildman–Crippen LogP) is 4.95. The summed E-state index contributed by atoms with van der Waals surface area (Å²) in [6.45, 7) is 3.95. The van der Waals surface area contributed by atoms with Crippen LogP contribution in [0.3, 0.4) is 0 Å². The second-order valence-electron chi connectivity index (χ2n) is 6.90. The summed E-state index contributed by atoms with van der Waals surface area (Å²) in [6, 6.07) is 18.7. The summed E-state index contributed by atoms with van der Waals surface area (Å²) in [6.07, 6.45) is 6.78. The molecule has 0 atom stereocenters.